The second-order valence-electron chi connectivity index (χ2n) is 6.50. The third kappa shape index (κ3) is 2.87. The van der Waals surface area contributed by atoms with Gasteiger partial charge in [0.2, 0.25) is 10.0 Å². The molecule has 1 saturated carbocycles. The Balaban J connectivity index is 2.06. The molecule has 0 spiro atoms. The average Bonchev–Trinajstić information content (AvgIpc) is 2.86. The molecule has 7 heteroatoms. The minimum absolute atomic E-state index is 0.0780. The van der Waals surface area contributed by atoms with E-state index in [1.807, 2.05) is 0 Å². The highest BCUT2D eigenvalue weighted by atomic mass is 32.2. The van der Waals surface area contributed by atoms with Gasteiger partial charge in [-0.1, -0.05) is 12.8 Å². The Hall–Kier alpha value is -1.47. The van der Waals surface area contributed by atoms with Crippen molar-refractivity contribution in [1.29, 1.82) is 0 Å². The second kappa shape index (κ2) is 5.87. The molecule has 1 saturated heterocycles. The maximum Gasteiger partial charge on any atom is 0.322 e. The Kier molecular flexibility index (Phi) is 4.18. The number of aliphatic carboxylic acids is 1. The fraction of sp³-hybridized carbons (Fsp3) is 0.562. The van der Waals surface area contributed by atoms with Crippen molar-refractivity contribution >= 4 is 16.0 Å². The van der Waals surface area contributed by atoms with E-state index < -0.39 is 27.9 Å². The Morgan fingerprint density at radius 1 is 1.26 bits per heavy atom. The van der Waals surface area contributed by atoms with E-state index in [2.05, 4.69) is 0 Å². The van der Waals surface area contributed by atoms with E-state index in [1.54, 1.807) is 6.92 Å². The zero-order valence-electron chi connectivity index (χ0n) is 12.9. The summed E-state index contributed by atoms with van der Waals surface area (Å²) in [6.07, 6.45) is 3.75. The predicted molar refractivity (Wildman–Crippen MR) is 81.9 cm³/mol. The van der Waals surface area contributed by atoms with Crippen molar-refractivity contribution in [3.8, 4) is 0 Å². The predicted octanol–water partition coefficient (Wildman–Crippen LogP) is 2.54. The number of halogens is 1. The minimum atomic E-state index is -4.04. The standard InChI is InChI=1S/C16H20FNO4S/c1-10-6-12(17)9-13(7-10)23(21,22)18-14-5-3-2-4-11(14)8-15(18)16(19)20/h6-7,9,11,14-15H,2-5,8H2,1H3,(H,19,20). The Morgan fingerprint density at radius 2 is 1.96 bits per heavy atom. The van der Waals surface area contributed by atoms with Gasteiger partial charge in [-0.05, 0) is 55.9 Å². The number of aryl methyl sites for hydroxylation is 1. The molecule has 1 aromatic rings. The van der Waals surface area contributed by atoms with Gasteiger partial charge in [0.25, 0.3) is 0 Å². The van der Waals surface area contributed by atoms with E-state index in [1.165, 1.54) is 12.1 Å². The van der Waals surface area contributed by atoms with E-state index in [9.17, 15) is 22.7 Å². The number of carboxylic acid groups (broad SMARTS) is 1. The van der Waals surface area contributed by atoms with E-state index in [-0.39, 0.29) is 16.9 Å². The number of carboxylic acids is 1. The summed E-state index contributed by atoms with van der Waals surface area (Å²) in [5, 5.41) is 9.47. The van der Waals surface area contributed by atoms with Crippen LogP contribution in [0.15, 0.2) is 23.1 Å². The molecule has 1 aliphatic carbocycles. The van der Waals surface area contributed by atoms with Crippen LogP contribution in [0.5, 0.6) is 0 Å². The number of hydrogen-bond donors (Lipinski definition) is 1. The number of fused-ring (bicyclic) bond motifs is 1. The Morgan fingerprint density at radius 3 is 2.61 bits per heavy atom. The van der Waals surface area contributed by atoms with E-state index in [0.717, 1.165) is 29.6 Å². The Bertz CT molecular complexity index is 713. The van der Waals surface area contributed by atoms with Crippen molar-refractivity contribution in [3.63, 3.8) is 0 Å². The molecular formula is C16H20FNO4S. The fourth-order valence-corrected chi connectivity index (χ4v) is 5.93. The van der Waals surface area contributed by atoms with Crippen LogP contribution in [0.3, 0.4) is 0 Å². The van der Waals surface area contributed by atoms with Crippen LogP contribution in [0.4, 0.5) is 4.39 Å². The van der Waals surface area contributed by atoms with Gasteiger partial charge >= 0.3 is 5.97 Å². The van der Waals surface area contributed by atoms with Crippen LogP contribution < -0.4 is 0 Å². The van der Waals surface area contributed by atoms with Gasteiger partial charge < -0.3 is 5.11 Å². The van der Waals surface area contributed by atoms with Crippen LogP contribution in [0.2, 0.25) is 0 Å². The summed E-state index contributed by atoms with van der Waals surface area (Å²) >= 11 is 0. The van der Waals surface area contributed by atoms with Gasteiger partial charge in [0.05, 0.1) is 4.90 Å². The van der Waals surface area contributed by atoms with Crippen molar-refractivity contribution in [1.82, 2.24) is 4.31 Å². The summed E-state index contributed by atoms with van der Waals surface area (Å²) in [7, 11) is -4.04. The molecule has 1 N–H and O–H groups in total. The van der Waals surface area contributed by atoms with E-state index >= 15 is 0 Å². The highest BCUT2D eigenvalue weighted by Gasteiger charge is 2.51. The first-order valence-corrected chi connectivity index (χ1v) is 9.28. The quantitative estimate of drug-likeness (QED) is 0.917. The topological polar surface area (TPSA) is 74.7 Å². The molecular weight excluding hydrogens is 321 g/mol. The SMILES string of the molecule is Cc1cc(F)cc(S(=O)(=O)N2C(C(=O)O)CC3CCCCC32)c1. The molecule has 0 amide bonds. The molecule has 0 aromatic heterocycles. The largest absolute Gasteiger partial charge is 0.480 e. The van der Waals surface area contributed by atoms with Crippen LogP contribution in [-0.2, 0) is 14.8 Å². The van der Waals surface area contributed by atoms with Crippen LogP contribution in [-0.4, -0.2) is 35.9 Å². The number of nitrogens with zero attached hydrogens (tertiary/aromatic N) is 1. The fourth-order valence-electron chi connectivity index (χ4n) is 3.95. The smallest absolute Gasteiger partial charge is 0.322 e. The lowest BCUT2D eigenvalue weighted by Crippen LogP contribution is -2.46. The molecule has 126 valence electrons. The molecule has 2 aliphatic rings. The first-order valence-electron chi connectivity index (χ1n) is 7.84. The number of sulfonamides is 1. The van der Waals surface area contributed by atoms with Gasteiger partial charge in [0.15, 0.2) is 0 Å². The van der Waals surface area contributed by atoms with Crippen molar-refractivity contribution in [3.05, 3.63) is 29.6 Å². The van der Waals surface area contributed by atoms with Gasteiger partial charge in [0, 0.05) is 6.04 Å². The molecule has 23 heavy (non-hydrogen) atoms. The van der Waals surface area contributed by atoms with Gasteiger partial charge in [0.1, 0.15) is 11.9 Å². The summed E-state index contributed by atoms with van der Waals surface area (Å²) < 4.78 is 40.8. The van der Waals surface area contributed by atoms with Crippen LogP contribution in [0.25, 0.3) is 0 Å². The van der Waals surface area contributed by atoms with Crippen molar-refractivity contribution in [2.75, 3.05) is 0 Å². The molecule has 1 aliphatic heterocycles. The normalized spacial score (nSPS) is 28.5. The summed E-state index contributed by atoms with van der Waals surface area (Å²) in [5.74, 6) is -1.68. The third-order valence-electron chi connectivity index (χ3n) is 4.91. The maximum atomic E-state index is 13.6. The first-order chi connectivity index (χ1) is 10.8. The van der Waals surface area contributed by atoms with E-state index in [0.29, 0.717) is 18.4 Å². The number of carbonyl (C=O) groups is 1. The lowest BCUT2D eigenvalue weighted by molar-refractivity contribution is -0.141. The molecule has 5 nitrogen and oxygen atoms in total. The molecule has 0 bridgehead atoms. The zero-order chi connectivity index (χ0) is 16.8. The first kappa shape index (κ1) is 16.4. The zero-order valence-corrected chi connectivity index (χ0v) is 13.7. The minimum Gasteiger partial charge on any atom is -0.480 e. The van der Waals surface area contributed by atoms with Crippen molar-refractivity contribution < 1.29 is 22.7 Å². The number of rotatable bonds is 3. The molecule has 1 aromatic carbocycles. The van der Waals surface area contributed by atoms with Crippen LogP contribution in [0.1, 0.15) is 37.7 Å². The highest BCUT2D eigenvalue weighted by molar-refractivity contribution is 7.89. The van der Waals surface area contributed by atoms with Gasteiger partial charge in [-0.2, -0.15) is 4.31 Å². The monoisotopic (exact) mass is 341 g/mol. The number of hydrogen-bond acceptors (Lipinski definition) is 3. The lowest BCUT2D eigenvalue weighted by Gasteiger charge is -2.32. The van der Waals surface area contributed by atoms with Gasteiger partial charge in [-0.15, -0.1) is 0 Å². The van der Waals surface area contributed by atoms with Crippen molar-refractivity contribution in [2.45, 2.75) is 56.0 Å². The molecule has 3 unspecified atom stereocenters. The van der Waals surface area contributed by atoms with Crippen molar-refractivity contribution in [2.24, 2.45) is 5.92 Å². The second-order valence-corrected chi connectivity index (χ2v) is 8.34. The maximum absolute atomic E-state index is 13.6. The lowest BCUT2D eigenvalue weighted by atomic mass is 9.85. The van der Waals surface area contributed by atoms with Gasteiger partial charge in [-0.3, -0.25) is 4.79 Å². The van der Waals surface area contributed by atoms with Crippen LogP contribution in [0, 0.1) is 18.7 Å². The molecule has 1 heterocycles. The molecule has 0 radical (unpaired) electrons. The van der Waals surface area contributed by atoms with Crippen LogP contribution >= 0.6 is 0 Å². The third-order valence-corrected chi connectivity index (χ3v) is 6.82. The number of benzene rings is 1. The average molecular weight is 341 g/mol. The molecule has 3 rings (SSSR count). The molecule has 2 fully saturated rings. The highest BCUT2D eigenvalue weighted by Crippen LogP contribution is 2.42. The Labute approximate surface area is 135 Å². The summed E-state index contributed by atoms with van der Waals surface area (Å²) in [6.45, 7) is 1.62. The molecule has 3 atom stereocenters. The summed E-state index contributed by atoms with van der Waals surface area (Å²) in [6, 6.07) is 2.27. The summed E-state index contributed by atoms with van der Waals surface area (Å²) in [4.78, 5) is 11.4. The van der Waals surface area contributed by atoms with Gasteiger partial charge in [-0.25, -0.2) is 12.8 Å². The van der Waals surface area contributed by atoms with E-state index in [4.69, 9.17) is 0 Å². The summed E-state index contributed by atoms with van der Waals surface area (Å²) in [5.41, 5.74) is 0.495.